The molecule has 32 heavy (non-hydrogen) atoms. The highest BCUT2D eigenvalue weighted by molar-refractivity contribution is 7.92. The largest absolute Gasteiger partial charge is 0.497 e. The number of carbonyl (C=O) groups excluding carboxylic acids is 1. The minimum atomic E-state index is -3.91. The first kappa shape index (κ1) is 23.3. The number of sulfonamides is 1. The zero-order chi connectivity index (χ0) is 23.1. The maximum atomic E-state index is 13.4. The number of methoxy groups -OCH3 is 1. The van der Waals surface area contributed by atoms with Crippen molar-refractivity contribution in [2.75, 3.05) is 24.5 Å². The Kier molecular flexibility index (Phi) is 7.53. The monoisotopic (exact) mass is 452 g/mol. The Morgan fingerprint density at radius 1 is 0.969 bits per heavy atom. The normalized spacial score (nSPS) is 11.1. The number of hydrogen-bond acceptors (Lipinski definition) is 4. The van der Waals surface area contributed by atoms with Crippen LogP contribution in [-0.4, -0.2) is 34.5 Å². The van der Waals surface area contributed by atoms with E-state index in [0.717, 1.165) is 22.4 Å². The Hall–Kier alpha value is -3.32. The summed E-state index contributed by atoms with van der Waals surface area (Å²) in [5.74, 6) is 0.408. The number of carbonyl (C=O) groups is 1. The van der Waals surface area contributed by atoms with E-state index in [1.807, 2.05) is 50.2 Å². The summed E-state index contributed by atoms with van der Waals surface area (Å²) in [7, 11) is -2.30. The lowest BCUT2D eigenvalue weighted by atomic mass is 10.1. The summed E-state index contributed by atoms with van der Waals surface area (Å²) in [4.78, 5) is 12.9. The van der Waals surface area contributed by atoms with Gasteiger partial charge in [0.2, 0.25) is 5.91 Å². The molecule has 1 amide bonds. The van der Waals surface area contributed by atoms with Gasteiger partial charge in [-0.15, -0.1) is 0 Å². The molecule has 0 spiro atoms. The molecule has 0 saturated heterocycles. The lowest BCUT2D eigenvalue weighted by molar-refractivity contribution is -0.119. The standard InChI is InChI=1S/C25H28N2O4S/c1-19-9-14-24(20(2)17-19)27(32(29,30)23-7-5-4-6-8-23)18-25(28)26-16-15-21-10-12-22(31-3)13-11-21/h4-14,17H,15-16,18H2,1-3H3,(H,26,28). The number of nitrogens with zero attached hydrogens (tertiary/aromatic N) is 1. The Labute approximate surface area is 189 Å². The van der Waals surface area contributed by atoms with Crippen molar-refractivity contribution in [2.45, 2.75) is 25.2 Å². The van der Waals surface area contributed by atoms with Crippen molar-refractivity contribution >= 4 is 21.6 Å². The van der Waals surface area contributed by atoms with Gasteiger partial charge in [0, 0.05) is 6.54 Å². The summed E-state index contributed by atoms with van der Waals surface area (Å²) >= 11 is 0. The molecule has 0 aromatic heterocycles. The summed E-state index contributed by atoms with van der Waals surface area (Å²) in [5, 5.41) is 2.84. The molecule has 3 aromatic rings. The van der Waals surface area contributed by atoms with E-state index < -0.39 is 10.0 Å². The molecule has 0 heterocycles. The molecule has 3 rings (SSSR count). The van der Waals surface area contributed by atoms with E-state index in [2.05, 4.69) is 5.32 Å². The van der Waals surface area contributed by atoms with Crippen molar-refractivity contribution in [3.8, 4) is 5.75 Å². The number of amides is 1. The first-order valence-electron chi connectivity index (χ1n) is 10.4. The molecule has 0 atom stereocenters. The maximum absolute atomic E-state index is 13.4. The van der Waals surface area contributed by atoms with Crippen molar-refractivity contribution in [1.82, 2.24) is 5.32 Å². The van der Waals surface area contributed by atoms with Gasteiger partial charge < -0.3 is 10.1 Å². The van der Waals surface area contributed by atoms with Crippen molar-refractivity contribution in [2.24, 2.45) is 0 Å². The second-order valence-corrected chi connectivity index (χ2v) is 9.43. The van der Waals surface area contributed by atoms with Crippen LogP contribution in [0.4, 0.5) is 5.69 Å². The fourth-order valence-corrected chi connectivity index (χ4v) is 4.94. The van der Waals surface area contributed by atoms with Crippen LogP contribution in [-0.2, 0) is 21.2 Å². The van der Waals surface area contributed by atoms with Gasteiger partial charge in [0.1, 0.15) is 12.3 Å². The van der Waals surface area contributed by atoms with Crippen molar-refractivity contribution in [3.63, 3.8) is 0 Å². The maximum Gasteiger partial charge on any atom is 0.264 e. The summed E-state index contributed by atoms with van der Waals surface area (Å²) in [6.45, 7) is 3.89. The van der Waals surface area contributed by atoms with E-state index in [1.165, 1.54) is 16.4 Å². The molecule has 0 radical (unpaired) electrons. The predicted octanol–water partition coefficient (Wildman–Crippen LogP) is 3.87. The van der Waals surface area contributed by atoms with Gasteiger partial charge in [-0.2, -0.15) is 0 Å². The lowest BCUT2D eigenvalue weighted by Crippen LogP contribution is -2.41. The Morgan fingerprint density at radius 3 is 2.28 bits per heavy atom. The molecular weight excluding hydrogens is 424 g/mol. The zero-order valence-corrected chi connectivity index (χ0v) is 19.4. The lowest BCUT2D eigenvalue weighted by Gasteiger charge is -2.26. The number of nitrogens with one attached hydrogen (secondary N) is 1. The van der Waals surface area contributed by atoms with Gasteiger partial charge in [0.05, 0.1) is 17.7 Å². The van der Waals surface area contributed by atoms with E-state index in [0.29, 0.717) is 18.7 Å². The highest BCUT2D eigenvalue weighted by Gasteiger charge is 2.28. The van der Waals surface area contributed by atoms with Crippen LogP contribution in [0.15, 0.2) is 77.7 Å². The highest BCUT2D eigenvalue weighted by atomic mass is 32.2. The smallest absolute Gasteiger partial charge is 0.264 e. The Bertz CT molecular complexity index is 1160. The first-order chi connectivity index (χ1) is 15.3. The fourth-order valence-electron chi connectivity index (χ4n) is 3.43. The van der Waals surface area contributed by atoms with Gasteiger partial charge in [0.15, 0.2) is 0 Å². The molecular formula is C25H28N2O4S. The third-order valence-electron chi connectivity index (χ3n) is 5.13. The summed E-state index contributed by atoms with van der Waals surface area (Å²) in [5.41, 5.74) is 3.35. The second-order valence-electron chi connectivity index (χ2n) is 7.56. The molecule has 0 unspecified atom stereocenters. The van der Waals surface area contributed by atoms with Crippen LogP contribution >= 0.6 is 0 Å². The average molecular weight is 453 g/mol. The molecule has 0 aliphatic carbocycles. The van der Waals surface area contributed by atoms with Crippen molar-refractivity contribution < 1.29 is 17.9 Å². The Balaban J connectivity index is 1.77. The van der Waals surface area contributed by atoms with E-state index in [9.17, 15) is 13.2 Å². The molecule has 1 N–H and O–H groups in total. The van der Waals surface area contributed by atoms with Crippen molar-refractivity contribution in [1.29, 1.82) is 0 Å². The first-order valence-corrected chi connectivity index (χ1v) is 11.8. The van der Waals surface area contributed by atoms with Gasteiger partial charge in [-0.3, -0.25) is 9.10 Å². The molecule has 3 aromatic carbocycles. The number of hydrogen-bond donors (Lipinski definition) is 1. The van der Waals surface area contributed by atoms with E-state index in [1.54, 1.807) is 31.4 Å². The summed E-state index contributed by atoms with van der Waals surface area (Å²) in [6, 6.07) is 21.3. The molecule has 0 bridgehead atoms. The van der Waals surface area contributed by atoms with Crippen LogP contribution in [0.2, 0.25) is 0 Å². The minimum Gasteiger partial charge on any atom is -0.497 e. The molecule has 168 valence electrons. The molecule has 0 aliphatic rings. The number of anilines is 1. The predicted molar refractivity (Wildman–Crippen MR) is 127 cm³/mol. The number of rotatable bonds is 9. The minimum absolute atomic E-state index is 0.144. The molecule has 0 aliphatic heterocycles. The van der Waals surface area contributed by atoms with Crippen LogP contribution in [0.3, 0.4) is 0 Å². The van der Waals surface area contributed by atoms with Gasteiger partial charge in [-0.25, -0.2) is 8.42 Å². The van der Waals surface area contributed by atoms with Gasteiger partial charge >= 0.3 is 0 Å². The number of ether oxygens (including phenoxy) is 1. The molecule has 6 nitrogen and oxygen atoms in total. The SMILES string of the molecule is COc1ccc(CCNC(=O)CN(c2ccc(C)cc2C)S(=O)(=O)c2ccccc2)cc1. The van der Waals surface area contributed by atoms with Crippen LogP contribution in [0.1, 0.15) is 16.7 Å². The number of aryl methyl sites for hydroxylation is 2. The van der Waals surface area contributed by atoms with Gasteiger partial charge in [0.25, 0.3) is 10.0 Å². The Morgan fingerprint density at radius 2 is 1.66 bits per heavy atom. The van der Waals surface area contributed by atoms with E-state index in [4.69, 9.17) is 4.74 Å². The third kappa shape index (κ3) is 5.68. The second kappa shape index (κ2) is 10.3. The quantitative estimate of drug-likeness (QED) is 0.535. The van der Waals surface area contributed by atoms with Crippen LogP contribution in [0, 0.1) is 13.8 Å². The van der Waals surface area contributed by atoms with Crippen LogP contribution in [0.25, 0.3) is 0 Å². The van der Waals surface area contributed by atoms with Crippen LogP contribution < -0.4 is 14.4 Å². The summed E-state index contributed by atoms with van der Waals surface area (Å²) < 4.78 is 33.1. The van der Waals surface area contributed by atoms with Gasteiger partial charge in [-0.05, 0) is 61.7 Å². The van der Waals surface area contributed by atoms with Crippen molar-refractivity contribution in [3.05, 3.63) is 89.5 Å². The third-order valence-corrected chi connectivity index (χ3v) is 6.91. The fraction of sp³-hybridized carbons (Fsp3) is 0.240. The number of benzene rings is 3. The summed E-state index contributed by atoms with van der Waals surface area (Å²) in [6.07, 6.45) is 0.630. The van der Waals surface area contributed by atoms with E-state index >= 15 is 0 Å². The molecule has 0 saturated carbocycles. The topological polar surface area (TPSA) is 75.7 Å². The van der Waals surface area contributed by atoms with Crippen LogP contribution in [0.5, 0.6) is 5.75 Å². The molecule has 0 fully saturated rings. The zero-order valence-electron chi connectivity index (χ0n) is 18.5. The van der Waals surface area contributed by atoms with E-state index in [-0.39, 0.29) is 17.3 Å². The van der Waals surface area contributed by atoms with Gasteiger partial charge in [-0.1, -0.05) is 48.0 Å². The molecule has 7 heteroatoms. The highest BCUT2D eigenvalue weighted by Crippen LogP contribution is 2.27. The average Bonchev–Trinajstić information content (AvgIpc) is 2.79.